The van der Waals surface area contributed by atoms with Crippen molar-refractivity contribution in [2.24, 2.45) is 0 Å². The van der Waals surface area contributed by atoms with Crippen molar-refractivity contribution in [3.8, 4) is 11.1 Å². The first kappa shape index (κ1) is 20.7. The van der Waals surface area contributed by atoms with Crippen LogP contribution in [0.5, 0.6) is 0 Å². The fourth-order valence-corrected chi connectivity index (χ4v) is 6.05. The number of fused-ring (bicyclic) bond motifs is 1. The molecule has 1 amide bonds. The molecule has 0 aliphatic carbocycles. The maximum absolute atomic E-state index is 13.2. The predicted molar refractivity (Wildman–Crippen MR) is 124 cm³/mol. The Hall–Kier alpha value is -3.14. The van der Waals surface area contributed by atoms with Gasteiger partial charge in [-0.15, -0.1) is 0 Å². The number of amides is 1. The molecule has 1 saturated heterocycles. The quantitative estimate of drug-likeness (QED) is 0.462. The molecule has 162 valence electrons. The lowest BCUT2D eigenvalue weighted by atomic mass is 10.0. The van der Waals surface area contributed by atoms with Gasteiger partial charge in [-0.05, 0) is 35.4 Å². The second kappa shape index (κ2) is 8.42. The van der Waals surface area contributed by atoms with Gasteiger partial charge in [0.05, 0.1) is 11.7 Å². The zero-order valence-electron chi connectivity index (χ0n) is 17.1. The van der Waals surface area contributed by atoms with Crippen molar-refractivity contribution in [1.82, 2.24) is 18.0 Å². The van der Waals surface area contributed by atoms with Crippen molar-refractivity contribution < 1.29 is 13.2 Å². The van der Waals surface area contributed by atoms with Crippen LogP contribution in [0, 0.1) is 0 Å². The average Bonchev–Trinajstić information content (AvgIpc) is 3.33. The molecule has 0 atom stereocenters. The smallest absolute Gasteiger partial charge is 0.253 e. The number of piperazine rings is 1. The number of hydrogen-bond acceptors (Lipinski definition) is 6. The Kier molecular flexibility index (Phi) is 5.46. The van der Waals surface area contributed by atoms with Gasteiger partial charge in [0.1, 0.15) is 15.9 Å². The van der Waals surface area contributed by atoms with Crippen LogP contribution in [0.2, 0.25) is 0 Å². The van der Waals surface area contributed by atoms with Gasteiger partial charge in [0.2, 0.25) is 10.0 Å². The van der Waals surface area contributed by atoms with Crippen LogP contribution >= 0.6 is 11.7 Å². The zero-order valence-corrected chi connectivity index (χ0v) is 18.7. The number of hydrogen-bond donors (Lipinski definition) is 0. The fraction of sp³-hybridized carbons (Fsp3) is 0.174. The summed E-state index contributed by atoms with van der Waals surface area (Å²) in [4.78, 5) is 14.8. The van der Waals surface area contributed by atoms with Crippen molar-refractivity contribution >= 4 is 38.7 Å². The van der Waals surface area contributed by atoms with Crippen LogP contribution in [0.4, 0.5) is 0 Å². The molecular weight excluding hydrogens is 444 g/mol. The molecule has 1 aromatic heterocycles. The van der Waals surface area contributed by atoms with Gasteiger partial charge in [0.25, 0.3) is 5.91 Å². The van der Waals surface area contributed by atoms with Crippen LogP contribution in [0.15, 0.2) is 77.7 Å². The fourth-order valence-electron chi connectivity index (χ4n) is 3.88. The third-order valence-corrected chi connectivity index (χ3v) is 8.10. The van der Waals surface area contributed by atoms with Crippen LogP contribution in [-0.2, 0) is 10.0 Å². The van der Waals surface area contributed by atoms with E-state index < -0.39 is 10.0 Å². The Morgan fingerprint density at radius 2 is 1.47 bits per heavy atom. The van der Waals surface area contributed by atoms with Gasteiger partial charge in [0.15, 0.2) is 0 Å². The molecule has 1 fully saturated rings. The first-order valence-corrected chi connectivity index (χ1v) is 12.4. The molecule has 3 aromatic carbocycles. The lowest BCUT2D eigenvalue weighted by Gasteiger charge is -2.34. The molecule has 1 aliphatic rings. The van der Waals surface area contributed by atoms with Crippen LogP contribution in [0.1, 0.15) is 10.4 Å². The van der Waals surface area contributed by atoms with E-state index in [-0.39, 0.29) is 23.9 Å². The maximum atomic E-state index is 13.2. The van der Waals surface area contributed by atoms with E-state index >= 15 is 0 Å². The minimum Gasteiger partial charge on any atom is -0.336 e. The van der Waals surface area contributed by atoms with E-state index in [9.17, 15) is 13.2 Å². The van der Waals surface area contributed by atoms with Gasteiger partial charge in [-0.3, -0.25) is 4.79 Å². The standard InChI is InChI=1S/C23H20N4O3S2/c28-23(19-11-9-18(10-12-19)17-5-2-1-3-6-17)26-13-15-27(16-14-26)32(29,30)21-8-4-7-20-22(21)25-31-24-20/h1-12H,13-16H2. The molecule has 4 aromatic rings. The van der Waals surface area contributed by atoms with Gasteiger partial charge in [0, 0.05) is 31.7 Å². The highest BCUT2D eigenvalue weighted by atomic mass is 32.2. The molecule has 32 heavy (non-hydrogen) atoms. The first-order valence-electron chi connectivity index (χ1n) is 10.2. The lowest BCUT2D eigenvalue weighted by molar-refractivity contribution is 0.0698. The third-order valence-electron chi connectivity index (χ3n) is 5.63. The summed E-state index contributed by atoms with van der Waals surface area (Å²) in [6, 6.07) is 22.5. The van der Waals surface area contributed by atoms with Crippen LogP contribution in [0.25, 0.3) is 22.2 Å². The van der Waals surface area contributed by atoms with E-state index in [4.69, 9.17) is 0 Å². The SMILES string of the molecule is O=C(c1ccc(-c2ccccc2)cc1)N1CCN(S(=O)(=O)c2cccc3nsnc23)CC1. The summed E-state index contributed by atoms with van der Waals surface area (Å²) in [5.41, 5.74) is 3.71. The van der Waals surface area contributed by atoms with E-state index in [2.05, 4.69) is 8.75 Å². The minimum atomic E-state index is -3.71. The molecule has 9 heteroatoms. The maximum Gasteiger partial charge on any atom is 0.253 e. The summed E-state index contributed by atoms with van der Waals surface area (Å²) in [5, 5.41) is 0. The lowest BCUT2D eigenvalue weighted by Crippen LogP contribution is -2.50. The number of sulfonamides is 1. The van der Waals surface area contributed by atoms with Gasteiger partial charge >= 0.3 is 0 Å². The predicted octanol–water partition coefficient (Wildman–Crippen LogP) is 3.51. The first-order chi connectivity index (χ1) is 15.5. The highest BCUT2D eigenvalue weighted by molar-refractivity contribution is 7.89. The highest BCUT2D eigenvalue weighted by Crippen LogP contribution is 2.26. The number of carbonyl (C=O) groups is 1. The summed E-state index contributed by atoms with van der Waals surface area (Å²) < 4.78 is 36.1. The van der Waals surface area contributed by atoms with E-state index in [1.807, 2.05) is 54.6 Å². The van der Waals surface area contributed by atoms with Crippen molar-refractivity contribution in [2.45, 2.75) is 4.90 Å². The van der Waals surface area contributed by atoms with Crippen LogP contribution in [0.3, 0.4) is 0 Å². The van der Waals surface area contributed by atoms with E-state index in [0.717, 1.165) is 22.9 Å². The molecule has 7 nitrogen and oxygen atoms in total. The summed E-state index contributed by atoms with van der Waals surface area (Å²) >= 11 is 0.995. The average molecular weight is 465 g/mol. The molecule has 0 radical (unpaired) electrons. The summed E-state index contributed by atoms with van der Waals surface area (Å²) in [6.07, 6.45) is 0. The van der Waals surface area contributed by atoms with E-state index in [0.29, 0.717) is 29.7 Å². The number of nitrogens with zero attached hydrogens (tertiary/aromatic N) is 4. The molecule has 1 aliphatic heterocycles. The molecule has 5 rings (SSSR count). The Morgan fingerprint density at radius 3 is 2.19 bits per heavy atom. The van der Waals surface area contributed by atoms with Crippen LogP contribution < -0.4 is 0 Å². The zero-order chi connectivity index (χ0) is 22.1. The largest absolute Gasteiger partial charge is 0.336 e. The second-order valence-electron chi connectivity index (χ2n) is 7.53. The van der Waals surface area contributed by atoms with Gasteiger partial charge in [-0.25, -0.2) is 8.42 Å². The van der Waals surface area contributed by atoms with Crippen molar-refractivity contribution in [2.75, 3.05) is 26.2 Å². The van der Waals surface area contributed by atoms with E-state index in [1.54, 1.807) is 23.1 Å². The molecule has 0 bridgehead atoms. The van der Waals surface area contributed by atoms with E-state index in [1.165, 1.54) is 4.31 Å². The molecule has 2 heterocycles. The monoisotopic (exact) mass is 464 g/mol. The molecule has 0 spiro atoms. The Labute approximate surface area is 190 Å². The van der Waals surface area contributed by atoms with Gasteiger partial charge < -0.3 is 4.90 Å². The van der Waals surface area contributed by atoms with Gasteiger partial charge in [-0.1, -0.05) is 48.5 Å². The normalized spacial score (nSPS) is 15.2. The van der Waals surface area contributed by atoms with Crippen molar-refractivity contribution in [1.29, 1.82) is 0 Å². The summed E-state index contributed by atoms with van der Waals surface area (Å²) in [6.45, 7) is 1.15. The number of rotatable bonds is 4. The molecular formula is C23H20N4O3S2. The Morgan fingerprint density at radius 1 is 0.781 bits per heavy atom. The van der Waals surface area contributed by atoms with Crippen molar-refractivity contribution in [3.05, 3.63) is 78.4 Å². The van der Waals surface area contributed by atoms with Crippen LogP contribution in [-0.4, -0.2) is 58.5 Å². The highest BCUT2D eigenvalue weighted by Gasteiger charge is 2.32. The number of carbonyl (C=O) groups excluding carboxylic acids is 1. The second-order valence-corrected chi connectivity index (χ2v) is 9.96. The Bertz CT molecular complexity index is 1360. The molecule has 0 saturated carbocycles. The summed E-state index contributed by atoms with van der Waals surface area (Å²) in [7, 11) is -3.71. The Balaban J connectivity index is 1.28. The van der Waals surface area contributed by atoms with Gasteiger partial charge in [-0.2, -0.15) is 13.1 Å². The topological polar surface area (TPSA) is 83.5 Å². The molecule has 0 unspecified atom stereocenters. The number of aromatic nitrogens is 2. The van der Waals surface area contributed by atoms with Crippen molar-refractivity contribution in [3.63, 3.8) is 0 Å². The molecule has 0 N–H and O–H groups in total. The minimum absolute atomic E-state index is 0.0903. The summed E-state index contributed by atoms with van der Waals surface area (Å²) in [5.74, 6) is -0.0903. The number of benzene rings is 3. The third kappa shape index (κ3) is 3.79.